The Balaban J connectivity index is 2.62. The first-order valence-corrected chi connectivity index (χ1v) is 5.91. The van der Waals surface area contributed by atoms with E-state index in [1.807, 2.05) is 14.0 Å². The fourth-order valence-electron chi connectivity index (χ4n) is 1.38. The zero-order valence-corrected chi connectivity index (χ0v) is 10.5. The molecule has 0 aliphatic heterocycles. The summed E-state index contributed by atoms with van der Waals surface area (Å²) in [5.41, 5.74) is 1.66. The number of nitrogens with zero attached hydrogens (tertiary/aromatic N) is 2. The number of aliphatic hydroxyl groups is 1. The summed E-state index contributed by atoms with van der Waals surface area (Å²) in [6.07, 6.45) is 0.357. The van der Waals surface area contributed by atoms with Crippen LogP contribution in [0.1, 0.15) is 17.7 Å². The van der Waals surface area contributed by atoms with E-state index < -0.39 is 0 Å². The monoisotopic (exact) mass is 244 g/mol. The van der Waals surface area contributed by atoms with Gasteiger partial charge < -0.3 is 9.84 Å². The van der Waals surface area contributed by atoms with Gasteiger partial charge in [-0.3, -0.25) is 9.48 Å². The Hall–Kier alpha value is -1.01. The molecule has 90 valence electrons. The highest BCUT2D eigenvalue weighted by atomic mass is 32.2. The maximum absolute atomic E-state index is 10.9. The smallest absolute Gasteiger partial charge is 0.306 e. The van der Waals surface area contributed by atoms with Gasteiger partial charge in [0.1, 0.15) is 0 Å². The molecular formula is C10H16N2O3S. The van der Waals surface area contributed by atoms with Crippen molar-refractivity contribution in [2.45, 2.75) is 25.0 Å². The fourth-order valence-corrected chi connectivity index (χ4v) is 2.45. The van der Waals surface area contributed by atoms with E-state index in [-0.39, 0.29) is 12.6 Å². The molecule has 16 heavy (non-hydrogen) atoms. The second kappa shape index (κ2) is 5.91. The number of esters is 1. The quantitative estimate of drug-likeness (QED) is 0.615. The summed E-state index contributed by atoms with van der Waals surface area (Å²) in [6.45, 7) is 1.83. The number of hydrogen-bond acceptors (Lipinski definition) is 5. The lowest BCUT2D eigenvalue weighted by Gasteiger charge is -2.03. The van der Waals surface area contributed by atoms with Gasteiger partial charge in [-0.25, -0.2) is 0 Å². The minimum atomic E-state index is -0.225. The highest BCUT2D eigenvalue weighted by Gasteiger charge is 2.13. The van der Waals surface area contributed by atoms with Crippen LogP contribution >= 0.6 is 11.8 Å². The van der Waals surface area contributed by atoms with Gasteiger partial charge in [0.15, 0.2) is 0 Å². The van der Waals surface area contributed by atoms with Gasteiger partial charge in [-0.15, -0.1) is 11.8 Å². The summed E-state index contributed by atoms with van der Waals surface area (Å²) in [5, 5.41) is 14.3. The van der Waals surface area contributed by atoms with Crippen LogP contribution in [0.4, 0.5) is 0 Å². The van der Waals surface area contributed by atoms with Crippen molar-refractivity contribution in [3.8, 4) is 0 Å². The molecule has 0 saturated heterocycles. The van der Waals surface area contributed by atoms with Crippen LogP contribution in [0.2, 0.25) is 0 Å². The summed E-state index contributed by atoms with van der Waals surface area (Å²) in [4.78, 5) is 10.9. The molecule has 5 nitrogen and oxygen atoms in total. The Morgan fingerprint density at radius 1 is 1.62 bits per heavy atom. The Bertz CT molecular complexity index is 376. The van der Waals surface area contributed by atoms with Crippen molar-refractivity contribution in [1.29, 1.82) is 0 Å². The maximum Gasteiger partial charge on any atom is 0.306 e. The molecule has 1 N–H and O–H groups in total. The fraction of sp³-hybridized carbons (Fsp3) is 0.600. The van der Waals surface area contributed by atoms with Crippen LogP contribution in [0.3, 0.4) is 0 Å². The van der Waals surface area contributed by atoms with E-state index in [9.17, 15) is 9.90 Å². The third-order valence-corrected chi connectivity index (χ3v) is 3.41. The number of rotatable bonds is 5. The van der Waals surface area contributed by atoms with Crippen LogP contribution < -0.4 is 0 Å². The topological polar surface area (TPSA) is 64.3 Å². The largest absolute Gasteiger partial charge is 0.469 e. The van der Waals surface area contributed by atoms with E-state index in [2.05, 4.69) is 9.84 Å². The predicted molar refractivity (Wildman–Crippen MR) is 61.2 cm³/mol. The first-order chi connectivity index (χ1) is 7.60. The van der Waals surface area contributed by atoms with Gasteiger partial charge in [0.05, 0.1) is 30.9 Å². The van der Waals surface area contributed by atoms with E-state index in [1.54, 1.807) is 4.68 Å². The molecular weight excluding hydrogens is 228 g/mol. The van der Waals surface area contributed by atoms with Gasteiger partial charge in [-0.1, -0.05) is 0 Å². The van der Waals surface area contributed by atoms with Gasteiger partial charge in [-0.2, -0.15) is 5.10 Å². The minimum Gasteiger partial charge on any atom is -0.469 e. The average molecular weight is 244 g/mol. The Kier molecular flexibility index (Phi) is 4.82. The van der Waals surface area contributed by atoms with Crippen molar-refractivity contribution in [3.05, 3.63) is 11.3 Å². The Morgan fingerprint density at radius 3 is 2.88 bits per heavy atom. The number of methoxy groups -OCH3 is 1. The molecule has 0 atom stereocenters. The number of ether oxygens (including phenoxy) is 1. The summed E-state index contributed by atoms with van der Waals surface area (Å²) in [6, 6.07) is 0. The molecule has 1 aromatic heterocycles. The SMILES string of the molecule is COC(=O)CCSc1c(CO)c(C)nn1C. The third kappa shape index (κ3) is 2.99. The van der Waals surface area contributed by atoms with E-state index in [1.165, 1.54) is 18.9 Å². The zero-order valence-electron chi connectivity index (χ0n) is 9.69. The summed E-state index contributed by atoms with van der Waals surface area (Å²) in [7, 11) is 3.20. The molecule has 0 fully saturated rings. The van der Waals surface area contributed by atoms with Crippen LogP contribution in [-0.2, 0) is 23.2 Å². The highest BCUT2D eigenvalue weighted by Crippen LogP contribution is 2.25. The van der Waals surface area contributed by atoms with Gasteiger partial charge in [0, 0.05) is 18.4 Å². The predicted octanol–water partition coefficient (Wildman–Crippen LogP) is 0.876. The highest BCUT2D eigenvalue weighted by molar-refractivity contribution is 7.99. The number of carbonyl (C=O) groups excluding carboxylic acids is 1. The number of aromatic nitrogens is 2. The number of thioether (sulfide) groups is 1. The molecule has 1 heterocycles. The van der Waals surface area contributed by atoms with E-state index in [4.69, 9.17) is 0 Å². The standard InChI is InChI=1S/C10H16N2O3S/c1-7-8(6-13)10(12(2)11-7)16-5-4-9(14)15-3/h13H,4-6H2,1-3H3. The molecule has 1 aromatic rings. The summed E-state index contributed by atoms with van der Waals surface area (Å²) in [5.74, 6) is 0.399. The van der Waals surface area contributed by atoms with Crippen LogP contribution in [-0.4, -0.2) is 33.7 Å². The van der Waals surface area contributed by atoms with E-state index in [0.29, 0.717) is 12.2 Å². The Morgan fingerprint density at radius 2 is 2.31 bits per heavy atom. The number of aryl methyl sites for hydroxylation is 2. The molecule has 0 amide bonds. The molecule has 0 unspecified atom stereocenters. The van der Waals surface area contributed by atoms with Crippen LogP contribution in [0.25, 0.3) is 0 Å². The minimum absolute atomic E-state index is 0.0275. The normalized spacial score (nSPS) is 10.5. The summed E-state index contributed by atoms with van der Waals surface area (Å²) >= 11 is 1.50. The average Bonchev–Trinajstić information content (AvgIpc) is 2.53. The van der Waals surface area contributed by atoms with Crippen molar-refractivity contribution in [2.75, 3.05) is 12.9 Å². The molecule has 0 aromatic carbocycles. The lowest BCUT2D eigenvalue weighted by molar-refractivity contribution is -0.140. The number of hydrogen-bond donors (Lipinski definition) is 1. The lowest BCUT2D eigenvalue weighted by atomic mass is 10.3. The van der Waals surface area contributed by atoms with Gasteiger partial charge in [0.25, 0.3) is 0 Å². The van der Waals surface area contributed by atoms with Gasteiger partial charge >= 0.3 is 5.97 Å². The molecule has 0 spiro atoms. The Labute approximate surface area is 98.8 Å². The third-order valence-electron chi connectivity index (χ3n) is 2.22. The molecule has 0 aliphatic carbocycles. The number of aliphatic hydroxyl groups excluding tert-OH is 1. The maximum atomic E-state index is 10.9. The van der Waals surface area contributed by atoms with Crippen molar-refractivity contribution in [3.63, 3.8) is 0 Å². The second-order valence-electron chi connectivity index (χ2n) is 3.33. The van der Waals surface area contributed by atoms with Crippen LogP contribution in [0, 0.1) is 6.92 Å². The zero-order chi connectivity index (χ0) is 12.1. The van der Waals surface area contributed by atoms with Crippen LogP contribution in [0.15, 0.2) is 5.03 Å². The van der Waals surface area contributed by atoms with E-state index in [0.717, 1.165) is 16.3 Å². The van der Waals surface area contributed by atoms with E-state index >= 15 is 0 Å². The first kappa shape index (κ1) is 13.1. The molecule has 0 bridgehead atoms. The van der Waals surface area contributed by atoms with Gasteiger partial charge in [0.2, 0.25) is 0 Å². The molecule has 0 radical (unpaired) electrons. The molecule has 1 rings (SSSR count). The van der Waals surface area contributed by atoms with Crippen molar-refractivity contribution >= 4 is 17.7 Å². The number of carbonyl (C=O) groups is 1. The molecule has 0 aliphatic rings. The van der Waals surface area contributed by atoms with Gasteiger partial charge in [-0.05, 0) is 6.92 Å². The molecule has 6 heteroatoms. The second-order valence-corrected chi connectivity index (χ2v) is 4.41. The molecule has 0 saturated carbocycles. The van der Waals surface area contributed by atoms with Crippen LogP contribution in [0.5, 0.6) is 0 Å². The van der Waals surface area contributed by atoms with Crippen molar-refractivity contribution in [1.82, 2.24) is 9.78 Å². The summed E-state index contributed by atoms with van der Waals surface area (Å²) < 4.78 is 6.28. The van der Waals surface area contributed by atoms with Crippen molar-refractivity contribution < 1.29 is 14.6 Å². The lowest BCUT2D eigenvalue weighted by Crippen LogP contribution is -2.02. The van der Waals surface area contributed by atoms with Crippen molar-refractivity contribution in [2.24, 2.45) is 7.05 Å². The first-order valence-electron chi connectivity index (χ1n) is 4.93.